The van der Waals surface area contributed by atoms with Crippen LogP contribution in [0.2, 0.25) is 0 Å². The number of aromatic nitrogens is 3. The summed E-state index contributed by atoms with van der Waals surface area (Å²) >= 11 is 0. The van der Waals surface area contributed by atoms with Crippen LogP contribution in [0.5, 0.6) is 0 Å². The van der Waals surface area contributed by atoms with Gasteiger partial charge in [-0.2, -0.15) is 0 Å². The van der Waals surface area contributed by atoms with E-state index in [4.69, 9.17) is 19.4 Å². The van der Waals surface area contributed by atoms with Gasteiger partial charge in [0.05, 0.1) is 11.0 Å². The van der Waals surface area contributed by atoms with E-state index in [-0.39, 0.29) is 0 Å². The molecule has 0 aliphatic heterocycles. The van der Waals surface area contributed by atoms with Crippen LogP contribution in [-0.4, -0.2) is 47.0 Å². The number of para-hydroxylation sites is 2. The molecule has 2 aromatic heterocycles. The summed E-state index contributed by atoms with van der Waals surface area (Å²) in [5.74, 6) is 1.18. The molecule has 0 amide bonds. The number of fused-ring (bicyclic) bond motifs is 4. The average molecular weight is 397 g/mol. The van der Waals surface area contributed by atoms with Crippen LogP contribution in [0.15, 0.2) is 65.1 Å². The third-order valence-electron chi connectivity index (χ3n) is 5.13. The molecular formula is C24H23N5O. The molecule has 0 spiro atoms. The van der Waals surface area contributed by atoms with Crippen molar-refractivity contribution in [2.24, 2.45) is 0 Å². The SMILES string of the molecule is CN(C)CCCNc1nc2ccccc2nc1-c1nc2c(ccc3ccccc32)o1. The van der Waals surface area contributed by atoms with Gasteiger partial charge < -0.3 is 14.6 Å². The number of hydrogen-bond acceptors (Lipinski definition) is 6. The Bertz CT molecular complexity index is 1340. The quantitative estimate of drug-likeness (QED) is 0.409. The fraction of sp³-hybridized carbons (Fsp3) is 0.208. The van der Waals surface area contributed by atoms with Crippen molar-refractivity contribution in [1.82, 2.24) is 19.9 Å². The lowest BCUT2D eigenvalue weighted by Gasteiger charge is -2.12. The Hall–Kier alpha value is -3.51. The van der Waals surface area contributed by atoms with Crippen LogP contribution in [0, 0.1) is 0 Å². The van der Waals surface area contributed by atoms with Gasteiger partial charge in [0.2, 0.25) is 5.89 Å². The molecule has 0 saturated carbocycles. The molecule has 0 aliphatic rings. The molecule has 0 bridgehead atoms. The lowest BCUT2D eigenvalue weighted by Crippen LogP contribution is -2.17. The molecule has 5 aromatic rings. The molecule has 0 atom stereocenters. The zero-order chi connectivity index (χ0) is 20.5. The van der Waals surface area contributed by atoms with Crippen LogP contribution < -0.4 is 5.32 Å². The zero-order valence-electron chi connectivity index (χ0n) is 17.1. The van der Waals surface area contributed by atoms with Gasteiger partial charge in [-0.1, -0.05) is 42.5 Å². The Kier molecular flexibility index (Phi) is 4.77. The van der Waals surface area contributed by atoms with Crippen molar-refractivity contribution in [2.45, 2.75) is 6.42 Å². The van der Waals surface area contributed by atoms with E-state index in [1.54, 1.807) is 0 Å². The van der Waals surface area contributed by atoms with E-state index in [2.05, 4.69) is 42.5 Å². The first-order chi connectivity index (χ1) is 14.7. The Balaban J connectivity index is 1.61. The molecule has 3 aromatic carbocycles. The van der Waals surface area contributed by atoms with Crippen LogP contribution in [0.3, 0.4) is 0 Å². The highest BCUT2D eigenvalue weighted by Gasteiger charge is 2.18. The van der Waals surface area contributed by atoms with Crippen molar-refractivity contribution < 1.29 is 4.42 Å². The van der Waals surface area contributed by atoms with Gasteiger partial charge in [0.1, 0.15) is 5.52 Å². The topological polar surface area (TPSA) is 67.1 Å². The summed E-state index contributed by atoms with van der Waals surface area (Å²) in [4.78, 5) is 16.6. The first-order valence-electron chi connectivity index (χ1n) is 10.1. The average Bonchev–Trinajstić information content (AvgIpc) is 3.21. The molecule has 0 saturated heterocycles. The molecule has 5 rings (SSSR count). The van der Waals surface area contributed by atoms with E-state index in [9.17, 15) is 0 Å². The van der Waals surface area contributed by atoms with Crippen molar-refractivity contribution in [1.29, 1.82) is 0 Å². The van der Waals surface area contributed by atoms with Gasteiger partial charge in [-0.3, -0.25) is 0 Å². The van der Waals surface area contributed by atoms with Gasteiger partial charge in [0.15, 0.2) is 17.1 Å². The third kappa shape index (κ3) is 3.46. The van der Waals surface area contributed by atoms with E-state index in [1.807, 2.05) is 42.5 Å². The fourth-order valence-electron chi connectivity index (χ4n) is 3.64. The number of oxazole rings is 1. The normalized spacial score (nSPS) is 11.7. The van der Waals surface area contributed by atoms with E-state index in [0.29, 0.717) is 17.4 Å². The maximum absolute atomic E-state index is 6.13. The van der Waals surface area contributed by atoms with E-state index < -0.39 is 0 Å². The predicted octanol–water partition coefficient (Wildman–Crippen LogP) is 4.95. The summed E-state index contributed by atoms with van der Waals surface area (Å²) < 4.78 is 6.13. The monoisotopic (exact) mass is 397 g/mol. The van der Waals surface area contributed by atoms with Crippen LogP contribution in [0.4, 0.5) is 5.82 Å². The predicted molar refractivity (Wildman–Crippen MR) is 122 cm³/mol. The molecule has 30 heavy (non-hydrogen) atoms. The Morgan fingerprint density at radius 2 is 1.63 bits per heavy atom. The number of benzene rings is 3. The van der Waals surface area contributed by atoms with Gasteiger partial charge in [-0.25, -0.2) is 15.0 Å². The number of nitrogens with one attached hydrogen (secondary N) is 1. The van der Waals surface area contributed by atoms with Gasteiger partial charge in [0.25, 0.3) is 0 Å². The second kappa shape index (κ2) is 7.72. The Morgan fingerprint density at radius 3 is 2.47 bits per heavy atom. The largest absolute Gasteiger partial charge is 0.435 e. The number of nitrogens with zero attached hydrogens (tertiary/aromatic N) is 4. The van der Waals surface area contributed by atoms with Crippen LogP contribution in [0.1, 0.15) is 6.42 Å². The van der Waals surface area contributed by atoms with Crippen molar-refractivity contribution in [3.8, 4) is 11.6 Å². The molecule has 6 heteroatoms. The molecule has 6 nitrogen and oxygen atoms in total. The highest BCUT2D eigenvalue weighted by molar-refractivity contribution is 6.04. The second-order valence-electron chi connectivity index (χ2n) is 7.65. The molecule has 0 radical (unpaired) electrons. The lowest BCUT2D eigenvalue weighted by molar-refractivity contribution is 0.405. The summed E-state index contributed by atoms with van der Waals surface area (Å²) in [6.45, 7) is 1.79. The summed E-state index contributed by atoms with van der Waals surface area (Å²) in [5, 5.41) is 5.64. The lowest BCUT2D eigenvalue weighted by atomic mass is 10.1. The van der Waals surface area contributed by atoms with E-state index in [1.165, 1.54) is 0 Å². The Morgan fingerprint density at radius 1 is 0.867 bits per heavy atom. The minimum absolute atomic E-state index is 0.481. The van der Waals surface area contributed by atoms with Crippen molar-refractivity contribution >= 4 is 38.7 Å². The van der Waals surface area contributed by atoms with Crippen molar-refractivity contribution in [3.05, 3.63) is 60.7 Å². The van der Waals surface area contributed by atoms with Crippen LogP contribution in [-0.2, 0) is 0 Å². The second-order valence-corrected chi connectivity index (χ2v) is 7.65. The minimum Gasteiger partial charge on any atom is -0.435 e. The van der Waals surface area contributed by atoms with Crippen LogP contribution in [0.25, 0.3) is 44.5 Å². The number of rotatable bonds is 6. The molecule has 1 N–H and O–H groups in total. The van der Waals surface area contributed by atoms with Gasteiger partial charge in [-0.05, 0) is 50.6 Å². The highest BCUT2D eigenvalue weighted by Crippen LogP contribution is 2.32. The molecule has 0 aliphatic carbocycles. The fourth-order valence-corrected chi connectivity index (χ4v) is 3.64. The van der Waals surface area contributed by atoms with Crippen molar-refractivity contribution in [2.75, 3.05) is 32.5 Å². The number of hydrogen-bond donors (Lipinski definition) is 1. The zero-order valence-corrected chi connectivity index (χ0v) is 17.1. The summed E-state index contributed by atoms with van der Waals surface area (Å²) in [5.41, 5.74) is 3.89. The molecule has 0 unspecified atom stereocenters. The first kappa shape index (κ1) is 18.5. The van der Waals surface area contributed by atoms with Gasteiger partial charge >= 0.3 is 0 Å². The van der Waals surface area contributed by atoms with Crippen LogP contribution >= 0.6 is 0 Å². The van der Waals surface area contributed by atoms with E-state index >= 15 is 0 Å². The maximum atomic E-state index is 6.13. The van der Waals surface area contributed by atoms with E-state index in [0.717, 1.165) is 52.4 Å². The third-order valence-corrected chi connectivity index (χ3v) is 5.13. The summed E-state index contributed by atoms with van der Waals surface area (Å²) in [6, 6.07) is 20.1. The van der Waals surface area contributed by atoms with Gasteiger partial charge in [-0.15, -0.1) is 0 Å². The summed E-state index contributed by atoms with van der Waals surface area (Å²) in [7, 11) is 4.15. The molecule has 0 fully saturated rings. The van der Waals surface area contributed by atoms with Crippen molar-refractivity contribution in [3.63, 3.8) is 0 Å². The van der Waals surface area contributed by atoms with Gasteiger partial charge in [0, 0.05) is 11.9 Å². The smallest absolute Gasteiger partial charge is 0.250 e. The highest BCUT2D eigenvalue weighted by atomic mass is 16.3. The molecular weight excluding hydrogens is 374 g/mol. The minimum atomic E-state index is 0.481. The first-order valence-corrected chi connectivity index (χ1v) is 10.1. The molecule has 2 heterocycles. The molecule has 150 valence electrons. The standard InChI is InChI=1S/C24H23N5O/c1-29(2)15-7-14-25-23-22(26-18-10-5-6-11-19(18)27-23)24-28-21-17-9-4-3-8-16(17)12-13-20(21)30-24/h3-6,8-13H,7,14-15H2,1-2H3,(H,25,27). The maximum Gasteiger partial charge on any atom is 0.250 e. The summed E-state index contributed by atoms with van der Waals surface area (Å²) in [6.07, 6.45) is 0.999. The number of anilines is 1. The Labute approximate surface area is 174 Å².